The van der Waals surface area contributed by atoms with Gasteiger partial charge in [-0.1, -0.05) is 13.8 Å². The maximum absolute atomic E-state index is 11.9. The fourth-order valence-corrected chi connectivity index (χ4v) is 2.09. The minimum absolute atomic E-state index is 0.00843. The van der Waals surface area contributed by atoms with Crippen molar-refractivity contribution >= 4 is 11.9 Å². The summed E-state index contributed by atoms with van der Waals surface area (Å²) in [7, 11) is 0. The maximum atomic E-state index is 11.9. The fourth-order valence-electron chi connectivity index (χ4n) is 2.09. The highest BCUT2D eigenvalue weighted by molar-refractivity contribution is 5.95. The average Bonchev–Trinajstić information content (AvgIpc) is 2.83. The predicted molar refractivity (Wildman–Crippen MR) is 49.9 cm³/mol. The van der Waals surface area contributed by atoms with Crippen LogP contribution in [0.25, 0.3) is 0 Å². The number of amides is 1. The summed E-state index contributed by atoms with van der Waals surface area (Å²) in [5.74, 6) is 0.169. The van der Waals surface area contributed by atoms with Gasteiger partial charge < -0.3 is 4.74 Å². The molecule has 1 heterocycles. The second-order valence-corrected chi connectivity index (χ2v) is 4.32. The molecule has 0 bridgehead atoms. The molecule has 2 aliphatic rings. The molecule has 2 fully saturated rings. The standard InChI is InChI=1S/C10H15NO3/c1-7(2)8(12)10(3-4-10)11-5-6-14-9(11)13/h7H,3-6H2,1-2H3. The zero-order valence-corrected chi connectivity index (χ0v) is 8.58. The van der Waals surface area contributed by atoms with Gasteiger partial charge >= 0.3 is 6.09 Å². The van der Waals surface area contributed by atoms with Gasteiger partial charge in [-0.3, -0.25) is 9.69 Å². The molecular weight excluding hydrogens is 182 g/mol. The number of hydrogen-bond acceptors (Lipinski definition) is 3. The Morgan fingerprint density at radius 2 is 2.14 bits per heavy atom. The molecule has 1 aliphatic carbocycles. The molecule has 78 valence electrons. The Hall–Kier alpha value is -1.06. The van der Waals surface area contributed by atoms with E-state index in [9.17, 15) is 9.59 Å². The van der Waals surface area contributed by atoms with Crippen molar-refractivity contribution in [3.8, 4) is 0 Å². The molecule has 1 saturated heterocycles. The van der Waals surface area contributed by atoms with E-state index in [0.717, 1.165) is 12.8 Å². The van der Waals surface area contributed by atoms with Gasteiger partial charge in [0.25, 0.3) is 0 Å². The van der Waals surface area contributed by atoms with E-state index in [1.807, 2.05) is 13.8 Å². The van der Waals surface area contributed by atoms with Crippen molar-refractivity contribution in [2.45, 2.75) is 32.2 Å². The van der Waals surface area contributed by atoms with E-state index in [4.69, 9.17) is 4.74 Å². The van der Waals surface area contributed by atoms with Gasteiger partial charge in [0, 0.05) is 5.92 Å². The summed E-state index contributed by atoms with van der Waals surface area (Å²) in [6, 6.07) is 0. The Morgan fingerprint density at radius 3 is 2.50 bits per heavy atom. The highest BCUT2D eigenvalue weighted by atomic mass is 16.6. The number of rotatable bonds is 3. The van der Waals surface area contributed by atoms with Crippen LogP contribution >= 0.6 is 0 Å². The van der Waals surface area contributed by atoms with Gasteiger partial charge in [0.15, 0.2) is 5.78 Å². The number of ketones is 1. The fraction of sp³-hybridized carbons (Fsp3) is 0.800. The molecule has 0 radical (unpaired) electrons. The van der Waals surface area contributed by atoms with Crippen LogP contribution in [0.1, 0.15) is 26.7 Å². The zero-order chi connectivity index (χ0) is 10.3. The average molecular weight is 197 g/mol. The van der Waals surface area contributed by atoms with E-state index in [1.54, 1.807) is 4.90 Å². The van der Waals surface area contributed by atoms with Gasteiger partial charge in [-0.05, 0) is 12.8 Å². The van der Waals surface area contributed by atoms with Crippen molar-refractivity contribution in [1.82, 2.24) is 4.90 Å². The number of carbonyl (C=O) groups is 2. The van der Waals surface area contributed by atoms with Crippen LogP contribution in [0, 0.1) is 5.92 Å². The van der Waals surface area contributed by atoms with Gasteiger partial charge in [0.1, 0.15) is 12.1 Å². The number of nitrogens with zero attached hydrogens (tertiary/aromatic N) is 1. The van der Waals surface area contributed by atoms with Crippen LogP contribution in [0.4, 0.5) is 4.79 Å². The summed E-state index contributed by atoms with van der Waals surface area (Å²) in [6.45, 7) is 4.75. The molecule has 1 aliphatic heterocycles. The zero-order valence-electron chi connectivity index (χ0n) is 8.58. The maximum Gasteiger partial charge on any atom is 0.410 e. The smallest absolute Gasteiger partial charge is 0.410 e. The molecule has 1 saturated carbocycles. The third-order valence-corrected chi connectivity index (χ3v) is 2.98. The number of Topliss-reactive ketones (excluding diaryl/α,β-unsaturated/α-hetero) is 1. The van der Waals surface area contributed by atoms with Gasteiger partial charge in [-0.15, -0.1) is 0 Å². The minimum Gasteiger partial charge on any atom is -0.448 e. The summed E-state index contributed by atoms with van der Waals surface area (Å²) < 4.78 is 4.86. The Kier molecular flexibility index (Phi) is 2.01. The second-order valence-electron chi connectivity index (χ2n) is 4.32. The van der Waals surface area contributed by atoms with E-state index in [0.29, 0.717) is 13.2 Å². The predicted octanol–water partition coefficient (Wildman–Crippen LogP) is 1.20. The van der Waals surface area contributed by atoms with Crippen LogP contribution in [0.2, 0.25) is 0 Å². The lowest BCUT2D eigenvalue weighted by atomic mass is 9.98. The molecule has 0 aromatic heterocycles. The van der Waals surface area contributed by atoms with Crippen molar-refractivity contribution in [2.75, 3.05) is 13.2 Å². The van der Waals surface area contributed by atoms with Crippen molar-refractivity contribution in [2.24, 2.45) is 5.92 Å². The summed E-state index contributed by atoms with van der Waals surface area (Å²) in [6.07, 6.45) is 1.29. The minimum atomic E-state index is -0.498. The molecule has 0 N–H and O–H groups in total. The SMILES string of the molecule is CC(C)C(=O)C1(N2CCOC2=O)CC1. The van der Waals surface area contributed by atoms with E-state index in [-0.39, 0.29) is 17.8 Å². The van der Waals surface area contributed by atoms with Crippen LogP contribution in [0.5, 0.6) is 0 Å². The van der Waals surface area contributed by atoms with E-state index < -0.39 is 5.54 Å². The van der Waals surface area contributed by atoms with Crippen molar-refractivity contribution in [1.29, 1.82) is 0 Å². The van der Waals surface area contributed by atoms with E-state index in [2.05, 4.69) is 0 Å². The molecule has 0 unspecified atom stereocenters. The molecule has 14 heavy (non-hydrogen) atoms. The number of cyclic esters (lactones) is 1. The first kappa shape index (κ1) is 9.49. The molecule has 4 nitrogen and oxygen atoms in total. The largest absolute Gasteiger partial charge is 0.448 e. The normalized spacial score (nSPS) is 23.9. The van der Waals surface area contributed by atoms with Crippen molar-refractivity contribution in [3.63, 3.8) is 0 Å². The number of carbonyl (C=O) groups excluding carboxylic acids is 2. The quantitative estimate of drug-likeness (QED) is 0.683. The molecule has 0 atom stereocenters. The van der Waals surface area contributed by atoms with Gasteiger partial charge in [0.2, 0.25) is 0 Å². The Labute approximate surface area is 83.2 Å². The Balaban J connectivity index is 2.16. The highest BCUT2D eigenvalue weighted by Gasteiger charge is 2.58. The molecule has 0 aromatic carbocycles. The molecule has 4 heteroatoms. The van der Waals surface area contributed by atoms with Crippen LogP contribution < -0.4 is 0 Å². The first-order chi connectivity index (χ1) is 6.58. The second kappa shape index (κ2) is 2.97. The summed E-state index contributed by atoms with van der Waals surface area (Å²) in [5, 5.41) is 0. The van der Waals surface area contributed by atoms with Gasteiger partial charge in [0.05, 0.1) is 6.54 Å². The third-order valence-electron chi connectivity index (χ3n) is 2.98. The van der Waals surface area contributed by atoms with Crippen molar-refractivity contribution < 1.29 is 14.3 Å². The monoisotopic (exact) mass is 197 g/mol. The summed E-state index contributed by atoms with van der Waals surface area (Å²) in [5.41, 5.74) is -0.498. The number of ether oxygens (including phenoxy) is 1. The first-order valence-electron chi connectivity index (χ1n) is 5.06. The summed E-state index contributed by atoms with van der Waals surface area (Å²) >= 11 is 0. The topological polar surface area (TPSA) is 46.6 Å². The lowest BCUT2D eigenvalue weighted by Crippen LogP contribution is -2.45. The van der Waals surface area contributed by atoms with Gasteiger partial charge in [-0.2, -0.15) is 0 Å². The lowest BCUT2D eigenvalue weighted by Gasteiger charge is -2.25. The molecule has 1 amide bonds. The first-order valence-corrected chi connectivity index (χ1v) is 5.06. The summed E-state index contributed by atoms with van der Waals surface area (Å²) in [4.78, 5) is 24.9. The van der Waals surface area contributed by atoms with Crippen molar-refractivity contribution in [3.05, 3.63) is 0 Å². The molecule has 0 aromatic rings. The number of hydrogen-bond donors (Lipinski definition) is 0. The van der Waals surface area contributed by atoms with Crippen LogP contribution in [-0.4, -0.2) is 35.5 Å². The molecule has 2 rings (SSSR count). The Bertz CT molecular complexity index is 281. The third kappa shape index (κ3) is 1.21. The van der Waals surface area contributed by atoms with Crippen LogP contribution in [-0.2, 0) is 9.53 Å². The molecule has 0 spiro atoms. The lowest BCUT2D eigenvalue weighted by molar-refractivity contribution is -0.127. The van der Waals surface area contributed by atoms with E-state index >= 15 is 0 Å². The van der Waals surface area contributed by atoms with Crippen LogP contribution in [0.3, 0.4) is 0 Å². The molecular formula is C10H15NO3. The highest BCUT2D eigenvalue weighted by Crippen LogP contribution is 2.45. The van der Waals surface area contributed by atoms with Crippen LogP contribution in [0.15, 0.2) is 0 Å². The van der Waals surface area contributed by atoms with Gasteiger partial charge in [-0.25, -0.2) is 4.79 Å². The Morgan fingerprint density at radius 1 is 1.50 bits per heavy atom. The van der Waals surface area contributed by atoms with E-state index in [1.165, 1.54) is 0 Å².